The Hall–Kier alpha value is -6.16. The van der Waals surface area contributed by atoms with Crippen molar-refractivity contribution in [2.75, 3.05) is 0 Å². The summed E-state index contributed by atoms with van der Waals surface area (Å²) in [6, 6.07) is 10.00. The Morgan fingerprint density at radius 3 is 1.21 bits per heavy atom. The van der Waals surface area contributed by atoms with E-state index in [-0.39, 0.29) is 42.4 Å². The van der Waals surface area contributed by atoms with Crippen molar-refractivity contribution in [3.63, 3.8) is 0 Å². The van der Waals surface area contributed by atoms with Gasteiger partial charge in [0, 0.05) is 19.3 Å². The van der Waals surface area contributed by atoms with Gasteiger partial charge in [-0.1, -0.05) is 50.2 Å². The zero-order valence-electron chi connectivity index (χ0n) is 29.2. The van der Waals surface area contributed by atoms with Crippen LogP contribution in [0, 0.1) is 5.92 Å². The fourth-order valence-corrected chi connectivity index (χ4v) is 5.32. The maximum absolute atomic E-state index is 13.9. The summed E-state index contributed by atoms with van der Waals surface area (Å²) in [5, 5.41) is 58.2. The summed E-state index contributed by atoms with van der Waals surface area (Å²) in [6.45, 7) is 3.74. The second-order valence-electron chi connectivity index (χ2n) is 13.0. The van der Waals surface area contributed by atoms with E-state index in [2.05, 4.69) is 21.3 Å². The van der Waals surface area contributed by atoms with Crippen LogP contribution >= 0.6 is 0 Å². The average Bonchev–Trinajstić information content (AvgIpc) is 3.09. The molecule has 3 aromatic rings. The third-order valence-electron chi connectivity index (χ3n) is 8.08. The third-order valence-corrected chi connectivity index (χ3v) is 8.08. The highest BCUT2D eigenvalue weighted by atomic mass is 16.4. The number of phenolic OH excluding ortho intramolecular Hbond substituents is 3. The van der Waals surface area contributed by atoms with Gasteiger partial charge in [0.2, 0.25) is 23.6 Å². The van der Waals surface area contributed by atoms with Crippen molar-refractivity contribution in [2.45, 2.75) is 76.2 Å². The van der Waals surface area contributed by atoms with E-state index < -0.39 is 72.2 Å². The number of hydrogen-bond donors (Lipinski definition) is 10. The van der Waals surface area contributed by atoms with Crippen molar-refractivity contribution in [2.24, 2.45) is 11.7 Å². The molecule has 0 radical (unpaired) electrons. The lowest BCUT2D eigenvalue weighted by Gasteiger charge is -2.26. The first-order valence-corrected chi connectivity index (χ1v) is 16.8. The summed E-state index contributed by atoms with van der Waals surface area (Å²) < 4.78 is 0. The predicted octanol–water partition coefficient (Wildman–Crippen LogP) is 0.703. The molecule has 0 fully saturated rings. The molecule has 3 rings (SSSR count). The van der Waals surface area contributed by atoms with Crippen molar-refractivity contribution >= 4 is 35.6 Å². The van der Waals surface area contributed by atoms with Crippen molar-refractivity contribution < 1.29 is 54.3 Å². The molecule has 16 nitrogen and oxygen atoms in total. The number of carboxylic acid groups (broad SMARTS) is 2. The van der Waals surface area contributed by atoms with Crippen LogP contribution in [0.3, 0.4) is 0 Å². The largest absolute Gasteiger partial charge is 0.508 e. The first-order valence-electron chi connectivity index (χ1n) is 16.8. The summed E-state index contributed by atoms with van der Waals surface area (Å²) in [6.07, 6.45) is -1.16. The topological polar surface area (TPSA) is 278 Å². The van der Waals surface area contributed by atoms with Gasteiger partial charge in [-0.05, 0) is 65.4 Å². The highest BCUT2D eigenvalue weighted by Gasteiger charge is 2.33. The van der Waals surface area contributed by atoms with Crippen molar-refractivity contribution in [3.05, 3.63) is 89.5 Å². The Balaban J connectivity index is 1.89. The molecular weight excluding hydrogens is 690 g/mol. The highest BCUT2D eigenvalue weighted by Crippen LogP contribution is 2.15. The number of hydrogen-bond acceptors (Lipinski definition) is 10. The molecule has 3 aromatic carbocycles. The van der Waals surface area contributed by atoms with Crippen LogP contribution in [-0.4, -0.2) is 91.3 Å². The lowest BCUT2D eigenvalue weighted by Crippen LogP contribution is -2.59. The van der Waals surface area contributed by atoms with Gasteiger partial charge in [0.1, 0.15) is 41.4 Å². The number of aromatic hydroxyl groups is 3. The van der Waals surface area contributed by atoms with Crippen LogP contribution in [0.25, 0.3) is 0 Å². The highest BCUT2D eigenvalue weighted by molar-refractivity contribution is 5.96. The lowest BCUT2D eigenvalue weighted by atomic mass is 10.00. The predicted molar refractivity (Wildman–Crippen MR) is 190 cm³/mol. The number of amides is 4. The molecule has 53 heavy (non-hydrogen) atoms. The van der Waals surface area contributed by atoms with Gasteiger partial charge in [0.25, 0.3) is 0 Å². The molecule has 0 aromatic heterocycles. The molecule has 0 aliphatic carbocycles. The van der Waals surface area contributed by atoms with E-state index in [1.807, 2.05) is 13.8 Å². The smallest absolute Gasteiger partial charge is 0.326 e. The van der Waals surface area contributed by atoms with Crippen LogP contribution in [0.15, 0.2) is 72.8 Å². The first kappa shape index (κ1) is 41.3. The van der Waals surface area contributed by atoms with Gasteiger partial charge in [-0.3, -0.25) is 24.0 Å². The molecule has 0 aliphatic heterocycles. The van der Waals surface area contributed by atoms with E-state index in [1.165, 1.54) is 72.8 Å². The monoisotopic (exact) mass is 735 g/mol. The number of nitrogens with one attached hydrogen (secondary N) is 4. The summed E-state index contributed by atoms with van der Waals surface area (Å²) in [5.74, 6) is -6.65. The van der Waals surface area contributed by atoms with Gasteiger partial charge in [-0.15, -0.1) is 0 Å². The molecule has 0 heterocycles. The van der Waals surface area contributed by atoms with Gasteiger partial charge in [0.15, 0.2) is 0 Å². The zero-order valence-corrected chi connectivity index (χ0v) is 29.2. The fraction of sp³-hybridized carbons (Fsp3) is 0.351. The summed E-state index contributed by atoms with van der Waals surface area (Å²) in [4.78, 5) is 77.9. The summed E-state index contributed by atoms with van der Waals surface area (Å²) in [7, 11) is 0. The molecule has 284 valence electrons. The number of carbonyl (C=O) groups excluding carboxylic acids is 4. The van der Waals surface area contributed by atoms with Crippen LogP contribution in [0.2, 0.25) is 0 Å². The zero-order chi connectivity index (χ0) is 39.2. The number of carbonyl (C=O) groups is 6. The number of benzene rings is 3. The van der Waals surface area contributed by atoms with E-state index in [0.717, 1.165) is 0 Å². The number of phenols is 3. The SMILES string of the molecule is CC(C)C[C@H](N)C(=O)N[C@@H](Cc1ccc(O)cc1)C(=O)N[C@@H](Cc1ccc(O)cc1)C(=O)N[C@@H](CC(=O)O)C(=O)N[C@@H](Cc1ccc(O)cc1)C(=O)O. The molecule has 16 heteroatoms. The van der Waals surface area contributed by atoms with E-state index in [1.54, 1.807) is 0 Å². The normalized spacial score (nSPS) is 13.8. The van der Waals surface area contributed by atoms with E-state index >= 15 is 0 Å². The molecule has 0 saturated heterocycles. The molecule has 0 saturated carbocycles. The summed E-state index contributed by atoms with van der Waals surface area (Å²) >= 11 is 0. The van der Waals surface area contributed by atoms with Gasteiger partial charge in [-0.2, -0.15) is 0 Å². The van der Waals surface area contributed by atoms with Gasteiger partial charge < -0.3 is 52.5 Å². The van der Waals surface area contributed by atoms with E-state index in [9.17, 15) is 54.3 Å². The molecule has 0 aliphatic rings. The number of carboxylic acids is 2. The molecule has 5 atom stereocenters. The second kappa shape index (κ2) is 19.4. The van der Waals surface area contributed by atoms with Gasteiger partial charge in [-0.25, -0.2) is 4.79 Å². The lowest BCUT2D eigenvalue weighted by molar-refractivity contribution is -0.143. The maximum Gasteiger partial charge on any atom is 0.326 e. The van der Waals surface area contributed by atoms with Crippen molar-refractivity contribution in [1.82, 2.24) is 21.3 Å². The molecule has 11 N–H and O–H groups in total. The molecule has 4 amide bonds. The van der Waals surface area contributed by atoms with E-state index in [4.69, 9.17) is 5.73 Å². The Labute approximate surface area is 305 Å². The molecule has 0 spiro atoms. The number of nitrogens with two attached hydrogens (primary N) is 1. The minimum atomic E-state index is -1.79. The molecular formula is C37H45N5O11. The van der Waals surface area contributed by atoms with Crippen molar-refractivity contribution in [3.8, 4) is 17.2 Å². The molecule has 0 unspecified atom stereocenters. The van der Waals surface area contributed by atoms with Gasteiger partial charge in [0.05, 0.1) is 12.5 Å². The average molecular weight is 736 g/mol. The Morgan fingerprint density at radius 1 is 0.528 bits per heavy atom. The minimum absolute atomic E-state index is 0.0293. The summed E-state index contributed by atoms with van der Waals surface area (Å²) in [5.41, 5.74) is 7.50. The maximum atomic E-state index is 13.9. The Kier molecular flexibility index (Phi) is 15.1. The van der Waals surface area contributed by atoms with Crippen LogP contribution in [-0.2, 0) is 48.0 Å². The Morgan fingerprint density at radius 2 is 0.849 bits per heavy atom. The number of aliphatic carboxylic acids is 2. The molecule has 0 bridgehead atoms. The fourth-order valence-electron chi connectivity index (χ4n) is 5.32. The van der Waals surface area contributed by atoms with Crippen LogP contribution in [0.4, 0.5) is 0 Å². The van der Waals surface area contributed by atoms with Gasteiger partial charge >= 0.3 is 11.9 Å². The van der Waals surface area contributed by atoms with Crippen molar-refractivity contribution in [1.29, 1.82) is 0 Å². The second-order valence-corrected chi connectivity index (χ2v) is 13.0. The van der Waals surface area contributed by atoms with Crippen LogP contribution in [0.1, 0.15) is 43.4 Å². The first-order chi connectivity index (χ1) is 25.0. The quantitative estimate of drug-likeness (QED) is 0.0815. The third kappa shape index (κ3) is 13.8. The standard InChI is InChI=1S/C37H45N5O11/c1-20(2)15-27(38)33(48)39-28(16-21-3-9-24(43)10-4-21)34(49)40-29(17-22-5-11-25(44)12-6-22)35(50)41-30(19-32(46)47)36(51)42-31(37(52)53)18-23-7-13-26(45)14-8-23/h3-14,20,27-31,43-45H,15-19,38H2,1-2H3,(H,39,48)(H,40,49)(H,41,50)(H,42,51)(H,46,47)(H,52,53)/t27-,28-,29-,30-,31-/m0/s1. The Bertz CT molecular complexity index is 1730. The number of rotatable bonds is 19. The van der Waals surface area contributed by atoms with Crippen LogP contribution in [0.5, 0.6) is 17.2 Å². The van der Waals surface area contributed by atoms with Crippen LogP contribution < -0.4 is 27.0 Å². The minimum Gasteiger partial charge on any atom is -0.508 e. The van der Waals surface area contributed by atoms with E-state index in [0.29, 0.717) is 23.1 Å².